The molecule has 0 aliphatic carbocycles. The van der Waals surface area contributed by atoms with E-state index < -0.39 is 12.2 Å². The molecule has 0 fully saturated rings. The van der Waals surface area contributed by atoms with Crippen LogP contribution in [-0.2, 0) is 6.42 Å². The standard InChI is InChI=1S/C12H17FO2/c1-2-3-11(14)12(15)8-9-4-6-10(13)7-5-9/h4-7,11-12,14-15H,2-3,8H2,1H3. The average molecular weight is 212 g/mol. The molecule has 2 N–H and O–H groups in total. The van der Waals surface area contributed by atoms with E-state index in [1.54, 1.807) is 12.1 Å². The van der Waals surface area contributed by atoms with Crippen molar-refractivity contribution in [1.82, 2.24) is 0 Å². The number of aliphatic hydroxyl groups excluding tert-OH is 2. The van der Waals surface area contributed by atoms with Crippen LogP contribution in [0.25, 0.3) is 0 Å². The normalized spacial score (nSPS) is 14.9. The van der Waals surface area contributed by atoms with Crippen LogP contribution in [0.4, 0.5) is 4.39 Å². The summed E-state index contributed by atoms with van der Waals surface area (Å²) in [5, 5.41) is 19.1. The van der Waals surface area contributed by atoms with E-state index in [9.17, 15) is 14.6 Å². The Morgan fingerprint density at radius 1 is 1.13 bits per heavy atom. The van der Waals surface area contributed by atoms with E-state index >= 15 is 0 Å². The van der Waals surface area contributed by atoms with E-state index in [1.807, 2.05) is 6.92 Å². The molecule has 0 heterocycles. The second-order valence-electron chi connectivity index (χ2n) is 3.75. The third kappa shape index (κ3) is 3.98. The molecule has 0 radical (unpaired) electrons. The van der Waals surface area contributed by atoms with Crippen LogP contribution in [0.15, 0.2) is 24.3 Å². The van der Waals surface area contributed by atoms with Gasteiger partial charge in [0.2, 0.25) is 0 Å². The van der Waals surface area contributed by atoms with Crippen molar-refractivity contribution in [2.45, 2.75) is 38.4 Å². The van der Waals surface area contributed by atoms with Crippen molar-refractivity contribution < 1.29 is 14.6 Å². The second-order valence-corrected chi connectivity index (χ2v) is 3.75. The molecular formula is C12H17FO2. The topological polar surface area (TPSA) is 40.5 Å². The summed E-state index contributed by atoms with van der Waals surface area (Å²) in [6, 6.07) is 5.96. The lowest BCUT2D eigenvalue weighted by molar-refractivity contribution is 0.0148. The van der Waals surface area contributed by atoms with Gasteiger partial charge in [-0.1, -0.05) is 25.5 Å². The van der Waals surface area contributed by atoms with Crippen molar-refractivity contribution in [1.29, 1.82) is 0 Å². The van der Waals surface area contributed by atoms with Gasteiger partial charge in [-0.25, -0.2) is 4.39 Å². The molecule has 2 atom stereocenters. The summed E-state index contributed by atoms with van der Waals surface area (Å²) in [6.45, 7) is 1.95. The fourth-order valence-electron chi connectivity index (χ4n) is 1.49. The largest absolute Gasteiger partial charge is 0.390 e. The quantitative estimate of drug-likeness (QED) is 0.782. The summed E-state index contributed by atoms with van der Waals surface area (Å²) in [5.74, 6) is -0.289. The number of hydrogen-bond acceptors (Lipinski definition) is 2. The van der Waals surface area contributed by atoms with Gasteiger partial charge >= 0.3 is 0 Å². The van der Waals surface area contributed by atoms with Gasteiger partial charge in [-0.15, -0.1) is 0 Å². The summed E-state index contributed by atoms with van der Waals surface area (Å²) in [7, 11) is 0. The van der Waals surface area contributed by atoms with Gasteiger partial charge < -0.3 is 10.2 Å². The Hall–Kier alpha value is -0.930. The van der Waals surface area contributed by atoms with Gasteiger partial charge in [0.25, 0.3) is 0 Å². The van der Waals surface area contributed by atoms with Gasteiger partial charge in [0.15, 0.2) is 0 Å². The molecule has 15 heavy (non-hydrogen) atoms. The summed E-state index contributed by atoms with van der Waals surface area (Å²) in [5.41, 5.74) is 0.832. The Morgan fingerprint density at radius 3 is 2.27 bits per heavy atom. The smallest absolute Gasteiger partial charge is 0.123 e. The van der Waals surface area contributed by atoms with E-state index in [2.05, 4.69) is 0 Å². The van der Waals surface area contributed by atoms with Crippen LogP contribution >= 0.6 is 0 Å². The van der Waals surface area contributed by atoms with Crippen molar-refractivity contribution in [3.05, 3.63) is 35.6 Å². The Morgan fingerprint density at radius 2 is 1.73 bits per heavy atom. The Labute approximate surface area is 89.4 Å². The highest BCUT2D eigenvalue weighted by atomic mass is 19.1. The van der Waals surface area contributed by atoms with E-state index in [1.165, 1.54) is 12.1 Å². The van der Waals surface area contributed by atoms with Gasteiger partial charge in [0.1, 0.15) is 5.82 Å². The molecule has 0 aromatic heterocycles. The summed E-state index contributed by atoms with van der Waals surface area (Å²) in [6.07, 6.45) is 0.321. The van der Waals surface area contributed by atoms with Crippen LogP contribution in [0.2, 0.25) is 0 Å². The number of benzene rings is 1. The molecule has 2 nitrogen and oxygen atoms in total. The lowest BCUT2D eigenvalue weighted by atomic mass is 10.0. The third-order valence-electron chi connectivity index (χ3n) is 2.39. The van der Waals surface area contributed by atoms with Crippen molar-refractivity contribution in [3.63, 3.8) is 0 Å². The van der Waals surface area contributed by atoms with Gasteiger partial charge in [0, 0.05) is 6.42 Å². The van der Waals surface area contributed by atoms with Crippen molar-refractivity contribution >= 4 is 0 Å². The molecule has 84 valence electrons. The highest BCUT2D eigenvalue weighted by Crippen LogP contribution is 2.10. The van der Waals surface area contributed by atoms with Gasteiger partial charge in [-0.05, 0) is 24.1 Å². The van der Waals surface area contributed by atoms with Gasteiger partial charge in [-0.3, -0.25) is 0 Å². The lowest BCUT2D eigenvalue weighted by Crippen LogP contribution is -2.27. The monoisotopic (exact) mass is 212 g/mol. The highest BCUT2D eigenvalue weighted by molar-refractivity contribution is 5.17. The molecule has 1 aromatic rings. The van der Waals surface area contributed by atoms with Crippen LogP contribution in [-0.4, -0.2) is 22.4 Å². The molecule has 0 saturated heterocycles. The minimum atomic E-state index is -0.768. The maximum absolute atomic E-state index is 12.6. The third-order valence-corrected chi connectivity index (χ3v) is 2.39. The summed E-state index contributed by atoms with van der Waals surface area (Å²) >= 11 is 0. The molecule has 0 aliphatic heterocycles. The van der Waals surface area contributed by atoms with E-state index in [0.717, 1.165) is 12.0 Å². The second kappa shape index (κ2) is 5.83. The molecule has 0 amide bonds. The maximum Gasteiger partial charge on any atom is 0.123 e. The Kier molecular flexibility index (Phi) is 4.72. The van der Waals surface area contributed by atoms with Crippen molar-refractivity contribution in [2.24, 2.45) is 0 Å². The van der Waals surface area contributed by atoms with Crippen LogP contribution in [0.5, 0.6) is 0 Å². The molecule has 0 bridgehead atoms. The molecule has 2 unspecified atom stereocenters. The Bertz CT molecular complexity index is 284. The zero-order valence-corrected chi connectivity index (χ0v) is 8.86. The van der Waals surface area contributed by atoms with Crippen LogP contribution in [0, 0.1) is 5.82 Å². The molecule has 0 aliphatic rings. The average Bonchev–Trinajstić information content (AvgIpc) is 2.22. The molecular weight excluding hydrogens is 195 g/mol. The molecule has 0 spiro atoms. The van der Waals surface area contributed by atoms with Crippen molar-refractivity contribution in [2.75, 3.05) is 0 Å². The molecule has 1 aromatic carbocycles. The van der Waals surface area contributed by atoms with Crippen LogP contribution in [0.3, 0.4) is 0 Å². The van der Waals surface area contributed by atoms with Gasteiger partial charge in [-0.2, -0.15) is 0 Å². The molecule has 1 rings (SSSR count). The summed E-state index contributed by atoms with van der Waals surface area (Å²) in [4.78, 5) is 0. The van der Waals surface area contributed by atoms with E-state index in [-0.39, 0.29) is 5.82 Å². The number of halogens is 1. The maximum atomic E-state index is 12.6. The predicted octanol–water partition coefficient (Wildman–Crippen LogP) is 1.89. The molecule has 0 saturated carbocycles. The Balaban J connectivity index is 2.50. The van der Waals surface area contributed by atoms with Crippen LogP contribution < -0.4 is 0 Å². The van der Waals surface area contributed by atoms with Crippen LogP contribution in [0.1, 0.15) is 25.3 Å². The zero-order valence-electron chi connectivity index (χ0n) is 8.86. The highest BCUT2D eigenvalue weighted by Gasteiger charge is 2.15. The fraction of sp³-hybridized carbons (Fsp3) is 0.500. The zero-order chi connectivity index (χ0) is 11.3. The minimum Gasteiger partial charge on any atom is -0.390 e. The number of rotatable bonds is 5. The first kappa shape index (κ1) is 12.1. The van der Waals surface area contributed by atoms with E-state index in [0.29, 0.717) is 12.8 Å². The first-order chi connectivity index (χ1) is 7.13. The first-order valence-corrected chi connectivity index (χ1v) is 5.24. The molecule has 3 heteroatoms. The summed E-state index contributed by atoms with van der Waals surface area (Å²) < 4.78 is 12.6. The minimum absolute atomic E-state index is 0.289. The van der Waals surface area contributed by atoms with Gasteiger partial charge in [0.05, 0.1) is 12.2 Å². The van der Waals surface area contributed by atoms with E-state index in [4.69, 9.17) is 0 Å². The number of aliphatic hydroxyl groups is 2. The lowest BCUT2D eigenvalue weighted by Gasteiger charge is -2.16. The van der Waals surface area contributed by atoms with Crippen molar-refractivity contribution in [3.8, 4) is 0 Å². The first-order valence-electron chi connectivity index (χ1n) is 5.24. The fourth-order valence-corrected chi connectivity index (χ4v) is 1.49. The number of hydrogen-bond donors (Lipinski definition) is 2. The predicted molar refractivity (Wildman–Crippen MR) is 57.0 cm³/mol. The SMILES string of the molecule is CCCC(O)C(O)Cc1ccc(F)cc1.